The van der Waals surface area contributed by atoms with E-state index in [9.17, 15) is 4.79 Å². The molecule has 0 fully saturated rings. The number of fused-ring (bicyclic) bond motifs is 1. The van der Waals surface area contributed by atoms with Gasteiger partial charge in [0.15, 0.2) is 0 Å². The van der Waals surface area contributed by atoms with Gasteiger partial charge in [0.25, 0.3) is 0 Å². The second kappa shape index (κ2) is 3.42. The lowest BCUT2D eigenvalue weighted by atomic mass is 10.0. The van der Waals surface area contributed by atoms with Crippen LogP contribution < -0.4 is 5.32 Å². The summed E-state index contributed by atoms with van der Waals surface area (Å²) < 4.78 is 4.66. The molecular weight excluding hydrogens is 178 g/mol. The first-order valence-electron chi connectivity index (χ1n) is 4.67. The average Bonchev–Trinajstić information content (AvgIpc) is 2.59. The third-order valence-electron chi connectivity index (χ3n) is 2.63. The minimum Gasteiger partial charge on any atom is -0.465 e. The van der Waals surface area contributed by atoms with Crippen LogP contribution in [0.3, 0.4) is 0 Å². The molecule has 74 valence electrons. The molecule has 1 N–H and O–H groups in total. The molecule has 0 aromatic heterocycles. The number of carbonyl (C=O) groups excluding carboxylic acids is 1. The molecule has 1 aromatic rings. The van der Waals surface area contributed by atoms with Crippen molar-refractivity contribution in [2.24, 2.45) is 0 Å². The Kier molecular flexibility index (Phi) is 2.25. The summed E-state index contributed by atoms with van der Waals surface area (Å²) in [6.07, 6.45) is 0. The lowest BCUT2D eigenvalue weighted by molar-refractivity contribution is 0.0600. The van der Waals surface area contributed by atoms with Gasteiger partial charge in [-0.15, -0.1) is 0 Å². The van der Waals surface area contributed by atoms with Crippen LogP contribution in [-0.2, 0) is 11.3 Å². The van der Waals surface area contributed by atoms with Crippen molar-refractivity contribution in [3.8, 4) is 0 Å². The van der Waals surface area contributed by atoms with Gasteiger partial charge < -0.3 is 10.1 Å². The van der Waals surface area contributed by atoms with Crippen molar-refractivity contribution >= 4 is 5.97 Å². The van der Waals surface area contributed by atoms with Crippen LogP contribution in [0.15, 0.2) is 18.2 Å². The number of methoxy groups -OCH3 is 1. The Morgan fingerprint density at radius 3 is 3.07 bits per heavy atom. The Morgan fingerprint density at radius 1 is 1.57 bits per heavy atom. The van der Waals surface area contributed by atoms with Gasteiger partial charge in [0.05, 0.1) is 12.7 Å². The Bertz CT molecular complexity index is 374. The van der Waals surface area contributed by atoms with E-state index in [0.29, 0.717) is 11.6 Å². The summed E-state index contributed by atoms with van der Waals surface area (Å²) in [4.78, 5) is 11.3. The second-order valence-electron chi connectivity index (χ2n) is 3.51. The van der Waals surface area contributed by atoms with E-state index in [-0.39, 0.29) is 5.97 Å². The van der Waals surface area contributed by atoms with E-state index in [1.54, 1.807) is 0 Å². The van der Waals surface area contributed by atoms with Crippen molar-refractivity contribution < 1.29 is 9.53 Å². The van der Waals surface area contributed by atoms with E-state index in [1.165, 1.54) is 18.2 Å². The summed E-state index contributed by atoms with van der Waals surface area (Å²) in [6, 6.07) is 6.09. The maximum atomic E-state index is 11.3. The third-order valence-corrected chi connectivity index (χ3v) is 2.63. The van der Waals surface area contributed by atoms with Crippen molar-refractivity contribution in [1.29, 1.82) is 0 Å². The fourth-order valence-electron chi connectivity index (χ4n) is 1.80. The second-order valence-corrected chi connectivity index (χ2v) is 3.51. The number of ether oxygens (including phenoxy) is 1. The number of hydrogen-bond acceptors (Lipinski definition) is 3. The highest BCUT2D eigenvalue weighted by Gasteiger charge is 2.18. The first-order chi connectivity index (χ1) is 6.72. The first-order valence-corrected chi connectivity index (χ1v) is 4.67. The van der Waals surface area contributed by atoms with Gasteiger partial charge in [0.2, 0.25) is 0 Å². The molecule has 0 amide bonds. The summed E-state index contributed by atoms with van der Waals surface area (Å²) in [7, 11) is 1.40. The molecule has 0 bridgehead atoms. The summed E-state index contributed by atoms with van der Waals surface area (Å²) in [5, 5.41) is 3.32. The van der Waals surface area contributed by atoms with Crippen molar-refractivity contribution in [2.75, 3.05) is 7.11 Å². The lowest BCUT2D eigenvalue weighted by Gasteiger charge is -2.05. The van der Waals surface area contributed by atoms with Crippen LogP contribution >= 0.6 is 0 Å². The zero-order chi connectivity index (χ0) is 10.1. The van der Waals surface area contributed by atoms with Gasteiger partial charge in [0, 0.05) is 12.6 Å². The topological polar surface area (TPSA) is 38.3 Å². The van der Waals surface area contributed by atoms with Crippen LogP contribution in [0.25, 0.3) is 0 Å². The largest absolute Gasteiger partial charge is 0.465 e. The third kappa shape index (κ3) is 1.40. The van der Waals surface area contributed by atoms with Gasteiger partial charge in [-0.2, -0.15) is 0 Å². The molecule has 14 heavy (non-hydrogen) atoms. The molecule has 1 aromatic carbocycles. The summed E-state index contributed by atoms with van der Waals surface area (Å²) in [5.41, 5.74) is 3.10. The van der Waals surface area contributed by atoms with E-state index in [4.69, 9.17) is 0 Å². The number of benzene rings is 1. The number of esters is 1. The van der Waals surface area contributed by atoms with E-state index in [0.717, 1.165) is 6.54 Å². The van der Waals surface area contributed by atoms with Gasteiger partial charge in [0.1, 0.15) is 0 Å². The molecule has 3 heteroatoms. The van der Waals surface area contributed by atoms with E-state index < -0.39 is 0 Å². The molecule has 1 aliphatic heterocycles. The minimum absolute atomic E-state index is 0.271. The zero-order valence-corrected chi connectivity index (χ0v) is 8.33. The van der Waals surface area contributed by atoms with Gasteiger partial charge in [-0.25, -0.2) is 4.79 Å². The molecule has 3 nitrogen and oxygen atoms in total. The predicted molar refractivity (Wildman–Crippen MR) is 53.0 cm³/mol. The SMILES string of the molecule is COC(=O)c1ccc2c(c1)CN[C@@H]2C. The van der Waals surface area contributed by atoms with Crippen LogP contribution in [0.4, 0.5) is 0 Å². The summed E-state index contributed by atoms with van der Waals surface area (Å²) >= 11 is 0. The molecule has 0 unspecified atom stereocenters. The Morgan fingerprint density at radius 2 is 2.36 bits per heavy atom. The Balaban J connectivity index is 2.37. The normalized spacial score (nSPS) is 19.1. The average molecular weight is 191 g/mol. The molecule has 1 heterocycles. The molecule has 1 atom stereocenters. The van der Waals surface area contributed by atoms with E-state index in [2.05, 4.69) is 17.0 Å². The van der Waals surface area contributed by atoms with Crippen LogP contribution in [0, 0.1) is 0 Å². The fourth-order valence-corrected chi connectivity index (χ4v) is 1.80. The highest BCUT2D eigenvalue weighted by atomic mass is 16.5. The Labute approximate surface area is 83.1 Å². The van der Waals surface area contributed by atoms with Crippen molar-refractivity contribution in [2.45, 2.75) is 19.5 Å². The maximum Gasteiger partial charge on any atom is 0.337 e. The molecule has 0 aliphatic carbocycles. The first kappa shape index (κ1) is 9.21. The van der Waals surface area contributed by atoms with E-state index in [1.807, 2.05) is 18.2 Å². The summed E-state index contributed by atoms with van der Waals surface area (Å²) in [5.74, 6) is -0.271. The van der Waals surface area contributed by atoms with Gasteiger partial charge in [-0.1, -0.05) is 6.07 Å². The standard InChI is InChI=1S/C11H13NO2/c1-7-10-4-3-8(11(13)14-2)5-9(10)6-12-7/h3-5,7,12H,6H2,1-2H3/t7-/m1/s1. The van der Waals surface area contributed by atoms with Crippen LogP contribution in [0.5, 0.6) is 0 Å². The molecular formula is C11H13NO2. The van der Waals surface area contributed by atoms with Crippen molar-refractivity contribution in [3.63, 3.8) is 0 Å². The number of carbonyl (C=O) groups is 1. The van der Waals surface area contributed by atoms with Crippen molar-refractivity contribution in [3.05, 3.63) is 34.9 Å². The quantitative estimate of drug-likeness (QED) is 0.686. The van der Waals surface area contributed by atoms with Crippen LogP contribution in [0.1, 0.15) is 34.5 Å². The molecule has 1 aliphatic rings. The monoisotopic (exact) mass is 191 g/mol. The summed E-state index contributed by atoms with van der Waals surface area (Å²) in [6.45, 7) is 2.95. The predicted octanol–water partition coefficient (Wildman–Crippen LogP) is 1.64. The smallest absolute Gasteiger partial charge is 0.337 e. The molecule has 0 radical (unpaired) electrons. The van der Waals surface area contributed by atoms with Gasteiger partial charge in [-0.05, 0) is 30.2 Å². The number of hydrogen-bond donors (Lipinski definition) is 1. The molecule has 0 spiro atoms. The lowest BCUT2D eigenvalue weighted by Crippen LogP contribution is -2.06. The molecule has 0 saturated carbocycles. The molecule has 0 saturated heterocycles. The maximum absolute atomic E-state index is 11.3. The van der Waals surface area contributed by atoms with Crippen LogP contribution in [0.2, 0.25) is 0 Å². The van der Waals surface area contributed by atoms with Crippen molar-refractivity contribution in [1.82, 2.24) is 5.32 Å². The van der Waals surface area contributed by atoms with Gasteiger partial charge >= 0.3 is 5.97 Å². The van der Waals surface area contributed by atoms with Crippen LogP contribution in [-0.4, -0.2) is 13.1 Å². The van der Waals surface area contributed by atoms with Gasteiger partial charge in [-0.3, -0.25) is 0 Å². The minimum atomic E-state index is -0.271. The molecule has 2 rings (SSSR count). The highest BCUT2D eigenvalue weighted by molar-refractivity contribution is 5.89. The number of rotatable bonds is 1. The fraction of sp³-hybridized carbons (Fsp3) is 0.364. The number of nitrogens with one attached hydrogen (secondary N) is 1. The van der Waals surface area contributed by atoms with E-state index >= 15 is 0 Å². The zero-order valence-electron chi connectivity index (χ0n) is 8.33. The highest BCUT2D eigenvalue weighted by Crippen LogP contribution is 2.25. The Hall–Kier alpha value is -1.35.